The van der Waals surface area contributed by atoms with Gasteiger partial charge in [-0.25, -0.2) is 0 Å². The summed E-state index contributed by atoms with van der Waals surface area (Å²) in [5.41, 5.74) is 6.88. The van der Waals surface area contributed by atoms with Gasteiger partial charge in [-0.3, -0.25) is 0 Å². The number of rotatable bonds is 6. The third kappa shape index (κ3) is 3.29. The maximum atomic E-state index is 5.76. The molecular weight excluding hydrogens is 262 g/mol. The summed E-state index contributed by atoms with van der Waals surface area (Å²) in [4.78, 5) is 0. The zero-order chi connectivity index (χ0) is 13.7. The fraction of sp³-hybridized carbons (Fsp3) is 0.308. The first-order chi connectivity index (χ1) is 9.24. The van der Waals surface area contributed by atoms with Gasteiger partial charge in [0.15, 0.2) is 16.6 Å². The van der Waals surface area contributed by atoms with Crippen molar-refractivity contribution in [2.75, 3.05) is 24.8 Å². The van der Waals surface area contributed by atoms with Gasteiger partial charge in [-0.1, -0.05) is 12.1 Å². The van der Waals surface area contributed by atoms with Crippen molar-refractivity contribution in [1.82, 2.24) is 4.37 Å². The predicted octanol–water partition coefficient (Wildman–Crippen LogP) is 2.74. The summed E-state index contributed by atoms with van der Waals surface area (Å²) in [5, 5.41) is 4.13. The second-order valence-electron chi connectivity index (χ2n) is 3.86. The molecule has 0 radical (unpaired) electrons. The molecule has 0 amide bonds. The van der Waals surface area contributed by atoms with Gasteiger partial charge in [0, 0.05) is 6.54 Å². The van der Waals surface area contributed by atoms with Crippen molar-refractivity contribution < 1.29 is 9.47 Å². The summed E-state index contributed by atoms with van der Waals surface area (Å²) in [5.74, 6) is 1.91. The Balaban J connectivity index is 2.05. The Bertz CT molecular complexity index is 542. The Morgan fingerprint density at radius 3 is 3.00 bits per heavy atom. The van der Waals surface area contributed by atoms with Crippen LogP contribution in [0.15, 0.2) is 24.3 Å². The van der Waals surface area contributed by atoms with Crippen LogP contribution in [0, 0.1) is 0 Å². The topological polar surface area (TPSA) is 69.4 Å². The number of nitrogens with two attached hydrogens (primary N) is 1. The van der Waals surface area contributed by atoms with E-state index < -0.39 is 0 Å². The van der Waals surface area contributed by atoms with Gasteiger partial charge in [0.1, 0.15) is 5.75 Å². The zero-order valence-electron chi connectivity index (χ0n) is 11.0. The van der Waals surface area contributed by atoms with Crippen LogP contribution in [0.1, 0.15) is 12.5 Å². The van der Waals surface area contributed by atoms with Crippen molar-refractivity contribution in [1.29, 1.82) is 0 Å². The van der Waals surface area contributed by atoms with Gasteiger partial charge >= 0.3 is 0 Å². The monoisotopic (exact) mass is 279 g/mol. The van der Waals surface area contributed by atoms with Crippen LogP contribution in [-0.2, 0) is 6.54 Å². The molecule has 0 aliphatic carbocycles. The van der Waals surface area contributed by atoms with Crippen molar-refractivity contribution in [2.45, 2.75) is 13.5 Å². The maximum Gasteiger partial charge on any atom is 0.197 e. The molecule has 2 rings (SSSR count). The summed E-state index contributed by atoms with van der Waals surface area (Å²) >= 11 is 1.30. The molecule has 5 nitrogen and oxygen atoms in total. The SMILES string of the molecule is CCOc1c(N)nsc1NCc1cccc(OC)c1. The number of ether oxygens (including phenoxy) is 2. The third-order valence-corrected chi connectivity index (χ3v) is 3.35. The van der Waals surface area contributed by atoms with E-state index in [4.69, 9.17) is 15.2 Å². The number of nitrogens with zero attached hydrogens (tertiary/aromatic N) is 1. The number of anilines is 2. The van der Waals surface area contributed by atoms with Crippen molar-refractivity contribution >= 4 is 22.4 Å². The number of methoxy groups -OCH3 is 1. The van der Waals surface area contributed by atoms with Crippen LogP contribution in [0.3, 0.4) is 0 Å². The van der Waals surface area contributed by atoms with E-state index in [1.54, 1.807) is 7.11 Å². The number of nitrogens with one attached hydrogen (secondary N) is 1. The molecule has 0 aliphatic rings. The summed E-state index contributed by atoms with van der Waals surface area (Å²) in [6, 6.07) is 7.89. The quantitative estimate of drug-likeness (QED) is 0.851. The van der Waals surface area contributed by atoms with Crippen LogP contribution in [0.4, 0.5) is 10.8 Å². The minimum Gasteiger partial charge on any atom is -0.497 e. The van der Waals surface area contributed by atoms with Gasteiger partial charge < -0.3 is 20.5 Å². The molecule has 1 aromatic carbocycles. The molecule has 0 bridgehead atoms. The van der Waals surface area contributed by atoms with Crippen molar-refractivity contribution in [3.8, 4) is 11.5 Å². The van der Waals surface area contributed by atoms with E-state index in [-0.39, 0.29) is 0 Å². The van der Waals surface area contributed by atoms with Gasteiger partial charge in [-0.2, -0.15) is 4.37 Å². The lowest BCUT2D eigenvalue weighted by molar-refractivity contribution is 0.344. The predicted molar refractivity (Wildman–Crippen MR) is 78.0 cm³/mol. The highest BCUT2D eigenvalue weighted by atomic mass is 32.1. The van der Waals surface area contributed by atoms with Crippen LogP contribution < -0.4 is 20.5 Å². The van der Waals surface area contributed by atoms with Crippen LogP contribution >= 0.6 is 11.5 Å². The molecule has 102 valence electrons. The maximum absolute atomic E-state index is 5.76. The lowest BCUT2D eigenvalue weighted by Crippen LogP contribution is -2.01. The average molecular weight is 279 g/mol. The second kappa shape index (κ2) is 6.29. The first-order valence-corrected chi connectivity index (χ1v) is 6.76. The Morgan fingerprint density at radius 1 is 1.42 bits per heavy atom. The minimum absolute atomic E-state index is 0.431. The number of nitrogen functional groups attached to an aromatic ring is 1. The Morgan fingerprint density at radius 2 is 2.26 bits per heavy atom. The lowest BCUT2D eigenvalue weighted by atomic mass is 10.2. The molecule has 0 fully saturated rings. The zero-order valence-corrected chi connectivity index (χ0v) is 11.8. The summed E-state index contributed by atoms with van der Waals surface area (Å²) in [7, 11) is 1.66. The van der Waals surface area contributed by atoms with Crippen LogP contribution in [0.25, 0.3) is 0 Å². The smallest absolute Gasteiger partial charge is 0.197 e. The normalized spacial score (nSPS) is 10.2. The Kier molecular flexibility index (Phi) is 4.46. The summed E-state index contributed by atoms with van der Waals surface area (Å²) < 4.78 is 14.8. The molecule has 0 spiro atoms. The van der Waals surface area contributed by atoms with E-state index in [9.17, 15) is 0 Å². The van der Waals surface area contributed by atoms with E-state index in [0.717, 1.165) is 16.3 Å². The number of hydrogen-bond acceptors (Lipinski definition) is 6. The van der Waals surface area contributed by atoms with Gasteiger partial charge in [0.2, 0.25) is 0 Å². The summed E-state index contributed by atoms with van der Waals surface area (Å²) in [6.45, 7) is 3.15. The molecule has 19 heavy (non-hydrogen) atoms. The van der Waals surface area contributed by atoms with E-state index >= 15 is 0 Å². The van der Waals surface area contributed by atoms with Crippen LogP contribution in [0.2, 0.25) is 0 Å². The van der Waals surface area contributed by atoms with Gasteiger partial charge in [-0.05, 0) is 36.2 Å². The highest BCUT2D eigenvalue weighted by molar-refractivity contribution is 7.11. The molecule has 2 aromatic rings. The first-order valence-electron chi connectivity index (χ1n) is 5.99. The van der Waals surface area contributed by atoms with Crippen LogP contribution in [-0.4, -0.2) is 18.1 Å². The third-order valence-electron chi connectivity index (χ3n) is 2.55. The van der Waals surface area contributed by atoms with E-state index in [1.165, 1.54) is 11.5 Å². The van der Waals surface area contributed by atoms with Crippen molar-refractivity contribution in [2.24, 2.45) is 0 Å². The molecule has 0 saturated carbocycles. The number of benzene rings is 1. The van der Waals surface area contributed by atoms with E-state index in [1.807, 2.05) is 31.2 Å². The Labute approximate surface area is 116 Å². The highest BCUT2D eigenvalue weighted by Crippen LogP contribution is 2.35. The van der Waals surface area contributed by atoms with E-state index in [2.05, 4.69) is 9.69 Å². The second-order valence-corrected chi connectivity index (χ2v) is 4.64. The number of aromatic nitrogens is 1. The lowest BCUT2D eigenvalue weighted by Gasteiger charge is -2.08. The molecule has 1 heterocycles. The molecule has 6 heteroatoms. The molecule has 0 atom stereocenters. The first kappa shape index (κ1) is 13.5. The fourth-order valence-electron chi connectivity index (χ4n) is 1.66. The average Bonchev–Trinajstić information content (AvgIpc) is 2.78. The molecular formula is C13H17N3O2S. The van der Waals surface area contributed by atoms with Gasteiger partial charge in [0.25, 0.3) is 0 Å². The molecule has 0 saturated heterocycles. The minimum atomic E-state index is 0.431. The van der Waals surface area contributed by atoms with Crippen molar-refractivity contribution in [3.63, 3.8) is 0 Å². The molecule has 1 aromatic heterocycles. The molecule has 0 unspecified atom stereocenters. The largest absolute Gasteiger partial charge is 0.497 e. The Hall–Kier alpha value is -1.95. The summed E-state index contributed by atoms with van der Waals surface area (Å²) in [6.07, 6.45) is 0. The standard InChI is InChI=1S/C13H17N3O2S/c1-3-18-11-12(14)16-19-13(11)15-8-9-5-4-6-10(7-9)17-2/h4-7,15H,3,8H2,1-2H3,(H2,14,16). The number of hydrogen-bond donors (Lipinski definition) is 2. The van der Waals surface area contributed by atoms with Crippen LogP contribution in [0.5, 0.6) is 11.5 Å². The highest BCUT2D eigenvalue weighted by Gasteiger charge is 2.12. The molecule has 3 N–H and O–H groups in total. The van der Waals surface area contributed by atoms with Gasteiger partial charge in [-0.15, -0.1) is 0 Å². The van der Waals surface area contributed by atoms with Gasteiger partial charge in [0.05, 0.1) is 13.7 Å². The fourth-order valence-corrected chi connectivity index (χ4v) is 2.31. The van der Waals surface area contributed by atoms with Crippen molar-refractivity contribution in [3.05, 3.63) is 29.8 Å². The van der Waals surface area contributed by atoms with E-state index in [0.29, 0.717) is 24.7 Å². The molecule has 0 aliphatic heterocycles.